The molecule has 2 aliphatic heterocycles. The molecule has 1 N–H and O–H groups in total. The van der Waals surface area contributed by atoms with E-state index in [0.29, 0.717) is 0 Å². The summed E-state index contributed by atoms with van der Waals surface area (Å²) in [4.78, 5) is 2.50. The number of nitrogens with zero attached hydrogens (tertiary/aromatic N) is 1. The van der Waals surface area contributed by atoms with Gasteiger partial charge in [-0.3, -0.25) is 4.90 Å². The first kappa shape index (κ1) is 9.44. The Hall–Kier alpha value is -0.120. The number of nitrogens with one attached hydrogen (secondary N) is 1. The van der Waals surface area contributed by atoms with Crippen LogP contribution in [0.15, 0.2) is 0 Å². The average Bonchev–Trinajstić information content (AvgIpc) is 2.57. The first-order valence-electron chi connectivity index (χ1n) is 5.31. The molecule has 0 amide bonds. The van der Waals surface area contributed by atoms with Crippen molar-refractivity contribution < 1.29 is 4.74 Å². The van der Waals surface area contributed by atoms with Gasteiger partial charge in [0.15, 0.2) is 0 Å². The lowest BCUT2D eigenvalue weighted by Crippen LogP contribution is -2.52. The molecule has 0 aromatic rings. The SMILES string of the molecule is CC1CNCC(C)C1N1CCOC1. The predicted octanol–water partition coefficient (Wildman–Crippen LogP) is 0.520. The van der Waals surface area contributed by atoms with E-state index in [2.05, 4.69) is 24.1 Å². The fourth-order valence-corrected chi connectivity index (χ4v) is 2.72. The Labute approximate surface area is 80.4 Å². The van der Waals surface area contributed by atoms with Gasteiger partial charge in [0.2, 0.25) is 0 Å². The van der Waals surface area contributed by atoms with E-state index in [1.165, 1.54) is 0 Å². The first-order chi connectivity index (χ1) is 6.29. The molecule has 3 heteroatoms. The van der Waals surface area contributed by atoms with Gasteiger partial charge in [-0.15, -0.1) is 0 Å². The molecule has 2 rings (SSSR count). The predicted molar refractivity (Wildman–Crippen MR) is 52.5 cm³/mol. The molecule has 0 aromatic carbocycles. The van der Waals surface area contributed by atoms with E-state index >= 15 is 0 Å². The first-order valence-corrected chi connectivity index (χ1v) is 5.31. The molecule has 0 aromatic heterocycles. The minimum absolute atomic E-state index is 0.726. The maximum Gasteiger partial charge on any atom is 0.0994 e. The van der Waals surface area contributed by atoms with Gasteiger partial charge in [-0.1, -0.05) is 13.8 Å². The number of ether oxygens (including phenoxy) is 1. The summed E-state index contributed by atoms with van der Waals surface area (Å²) in [6.45, 7) is 9.89. The monoisotopic (exact) mass is 184 g/mol. The lowest BCUT2D eigenvalue weighted by Gasteiger charge is -2.40. The Balaban J connectivity index is 2.00. The van der Waals surface area contributed by atoms with Gasteiger partial charge in [-0.05, 0) is 24.9 Å². The van der Waals surface area contributed by atoms with Crippen molar-refractivity contribution in [3.63, 3.8) is 0 Å². The lowest BCUT2D eigenvalue weighted by molar-refractivity contribution is 0.0530. The zero-order valence-electron chi connectivity index (χ0n) is 8.62. The number of hydrogen-bond donors (Lipinski definition) is 1. The van der Waals surface area contributed by atoms with Crippen LogP contribution in [0.2, 0.25) is 0 Å². The van der Waals surface area contributed by atoms with Crippen LogP contribution in [0.5, 0.6) is 0 Å². The molecule has 0 saturated carbocycles. The number of rotatable bonds is 1. The highest BCUT2D eigenvalue weighted by Crippen LogP contribution is 2.24. The molecule has 2 fully saturated rings. The van der Waals surface area contributed by atoms with E-state index in [0.717, 1.165) is 50.8 Å². The second-order valence-corrected chi connectivity index (χ2v) is 4.45. The quantitative estimate of drug-likeness (QED) is 0.643. The number of piperidine rings is 1. The molecule has 0 spiro atoms. The summed E-state index contributed by atoms with van der Waals surface area (Å²) in [5, 5.41) is 3.47. The summed E-state index contributed by atoms with van der Waals surface area (Å²) in [6, 6.07) is 0.726. The molecule has 0 aliphatic carbocycles. The second-order valence-electron chi connectivity index (χ2n) is 4.45. The summed E-state index contributed by atoms with van der Waals surface area (Å²) in [7, 11) is 0. The Morgan fingerprint density at radius 2 is 1.92 bits per heavy atom. The fourth-order valence-electron chi connectivity index (χ4n) is 2.72. The number of hydrogen-bond acceptors (Lipinski definition) is 3. The van der Waals surface area contributed by atoms with Crippen LogP contribution in [-0.2, 0) is 4.74 Å². The summed E-state index contributed by atoms with van der Waals surface area (Å²) in [5.41, 5.74) is 0. The Kier molecular flexibility index (Phi) is 2.86. The van der Waals surface area contributed by atoms with E-state index < -0.39 is 0 Å². The summed E-state index contributed by atoms with van der Waals surface area (Å²) >= 11 is 0. The van der Waals surface area contributed by atoms with Crippen LogP contribution in [0.25, 0.3) is 0 Å². The Morgan fingerprint density at radius 1 is 1.23 bits per heavy atom. The van der Waals surface area contributed by atoms with Crippen molar-refractivity contribution in [3.8, 4) is 0 Å². The van der Waals surface area contributed by atoms with Crippen molar-refractivity contribution in [1.29, 1.82) is 0 Å². The third-order valence-corrected chi connectivity index (χ3v) is 3.30. The maximum absolute atomic E-state index is 5.41. The van der Waals surface area contributed by atoms with Crippen molar-refractivity contribution in [2.45, 2.75) is 19.9 Å². The highest BCUT2D eigenvalue weighted by atomic mass is 16.5. The van der Waals surface area contributed by atoms with Gasteiger partial charge >= 0.3 is 0 Å². The molecule has 76 valence electrons. The van der Waals surface area contributed by atoms with Gasteiger partial charge in [0, 0.05) is 12.6 Å². The van der Waals surface area contributed by atoms with Gasteiger partial charge in [-0.25, -0.2) is 0 Å². The van der Waals surface area contributed by atoms with Crippen LogP contribution in [0.3, 0.4) is 0 Å². The van der Waals surface area contributed by atoms with Crippen molar-refractivity contribution in [1.82, 2.24) is 10.2 Å². The molecule has 2 heterocycles. The molecule has 2 atom stereocenters. The zero-order chi connectivity index (χ0) is 9.26. The molecular weight excluding hydrogens is 164 g/mol. The smallest absolute Gasteiger partial charge is 0.0994 e. The minimum Gasteiger partial charge on any atom is -0.365 e. The van der Waals surface area contributed by atoms with Crippen molar-refractivity contribution in [3.05, 3.63) is 0 Å². The molecule has 2 aliphatic rings. The van der Waals surface area contributed by atoms with Gasteiger partial charge in [-0.2, -0.15) is 0 Å². The third-order valence-electron chi connectivity index (χ3n) is 3.30. The van der Waals surface area contributed by atoms with E-state index in [1.807, 2.05) is 0 Å². The molecular formula is C10H20N2O. The third kappa shape index (κ3) is 1.87. The van der Waals surface area contributed by atoms with Crippen molar-refractivity contribution >= 4 is 0 Å². The van der Waals surface area contributed by atoms with Crippen LogP contribution in [-0.4, -0.2) is 43.9 Å². The Bertz CT molecular complexity index is 158. The van der Waals surface area contributed by atoms with E-state index in [4.69, 9.17) is 4.74 Å². The molecule has 0 bridgehead atoms. The highest BCUT2D eigenvalue weighted by molar-refractivity contribution is 4.87. The molecule has 0 radical (unpaired) electrons. The highest BCUT2D eigenvalue weighted by Gasteiger charge is 2.33. The Morgan fingerprint density at radius 3 is 2.46 bits per heavy atom. The topological polar surface area (TPSA) is 24.5 Å². The van der Waals surface area contributed by atoms with E-state index in [-0.39, 0.29) is 0 Å². The van der Waals surface area contributed by atoms with Gasteiger partial charge in [0.1, 0.15) is 0 Å². The summed E-state index contributed by atoms with van der Waals surface area (Å²) in [5.74, 6) is 1.51. The van der Waals surface area contributed by atoms with Crippen LogP contribution < -0.4 is 5.32 Å². The fraction of sp³-hybridized carbons (Fsp3) is 1.00. The van der Waals surface area contributed by atoms with Gasteiger partial charge in [0.25, 0.3) is 0 Å². The summed E-state index contributed by atoms with van der Waals surface area (Å²) in [6.07, 6.45) is 0. The molecule has 2 unspecified atom stereocenters. The van der Waals surface area contributed by atoms with Crippen molar-refractivity contribution in [2.24, 2.45) is 11.8 Å². The van der Waals surface area contributed by atoms with E-state index in [1.54, 1.807) is 0 Å². The lowest BCUT2D eigenvalue weighted by atomic mass is 9.86. The van der Waals surface area contributed by atoms with Crippen LogP contribution in [0.4, 0.5) is 0 Å². The second kappa shape index (κ2) is 3.95. The van der Waals surface area contributed by atoms with Crippen molar-refractivity contribution in [2.75, 3.05) is 33.0 Å². The largest absolute Gasteiger partial charge is 0.365 e. The van der Waals surface area contributed by atoms with Crippen LogP contribution >= 0.6 is 0 Å². The zero-order valence-corrected chi connectivity index (χ0v) is 8.62. The van der Waals surface area contributed by atoms with Crippen LogP contribution in [0.1, 0.15) is 13.8 Å². The summed E-state index contributed by atoms with van der Waals surface area (Å²) < 4.78 is 5.41. The van der Waals surface area contributed by atoms with Gasteiger partial charge in [0.05, 0.1) is 13.3 Å². The average molecular weight is 184 g/mol. The van der Waals surface area contributed by atoms with E-state index in [9.17, 15) is 0 Å². The maximum atomic E-state index is 5.41. The molecule has 13 heavy (non-hydrogen) atoms. The molecule has 3 nitrogen and oxygen atoms in total. The minimum atomic E-state index is 0.726. The van der Waals surface area contributed by atoms with Crippen LogP contribution in [0, 0.1) is 11.8 Å². The van der Waals surface area contributed by atoms with Gasteiger partial charge < -0.3 is 10.1 Å². The normalized spacial score (nSPS) is 42.5. The molecule has 2 saturated heterocycles. The standard InChI is InChI=1S/C10H20N2O/c1-8-5-11-6-9(2)10(8)12-3-4-13-7-12/h8-11H,3-7H2,1-2H3.